The van der Waals surface area contributed by atoms with Gasteiger partial charge in [0.05, 0.1) is 0 Å². The Morgan fingerprint density at radius 1 is 1.43 bits per heavy atom. The molecule has 3 rings (SSSR count). The van der Waals surface area contributed by atoms with E-state index in [4.69, 9.17) is 9.47 Å². The van der Waals surface area contributed by atoms with Crippen molar-refractivity contribution in [2.75, 3.05) is 6.61 Å². The summed E-state index contributed by atoms with van der Waals surface area (Å²) in [5.74, 6) is 1.13. The van der Waals surface area contributed by atoms with Crippen LogP contribution in [0.4, 0.5) is 0 Å². The Morgan fingerprint density at radius 3 is 2.95 bits per heavy atom. The van der Waals surface area contributed by atoms with Gasteiger partial charge in [0.1, 0.15) is 24.2 Å². The van der Waals surface area contributed by atoms with Crippen molar-refractivity contribution in [2.45, 2.75) is 50.9 Å². The first-order valence-electron chi connectivity index (χ1n) is 7.55. The van der Waals surface area contributed by atoms with E-state index in [1.54, 1.807) is 25.1 Å². The Bertz CT molecular complexity index is 525. The van der Waals surface area contributed by atoms with Crippen molar-refractivity contribution in [1.82, 2.24) is 5.32 Å². The van der Waals surface area contributed by atoms with Crippen LogP contribution in [0.2, 0.25) is 0 Å². The van der Waals surface area contributed by atoms with Gasteiger partial charge in [0.25, 0.3) is 5.91 Å². The lowest BCUT2D eigenvalue weighted by atomic mass is 10.1. The SMILES string of the molecule is CC(Oc1ccc2c(c1)OCC2O)C(=O)NC1CCCC1. The van der Waals surface area contributed by atoms with E-state index in [1.807, 2.05) is 0 Å². The van der Waals surface area contributed by atoms with E-state index in [0.717, 1.165) is 18.4 Å². The minimum atomic E-state index is -0.572. The highest BCUT2D eigenvalue weighted by Gasteiger charge is 2.24. The number of ether oxygens (including phenoxy) is 2. The van der Waals surface area contributed by atoms with Gasteiger partial charge < -0.3 is 19.9 Å². The highest BCUT2D eigenvalue weighted by Crippen LogP contribution is 2.35. The number of aliphatic hydroxyl groups is 1. The largest absolute Gasteiger partial charge is 0.490 e. The second-order valence-corrected chi connectivity index (χ2v) is 5.78. The molecule has 114 valence electrons. The second-order valence-electron chi connectivity index (χ2n) is 5.78. The molecule has 5 heteroatoms. The van der Waals surface area contributed by atoms with Crippen molar-refractivity contribution in [3.05, 3.63) is 23.8 Å². The lowest BCUT2D eigenvalue weighted by Gasteiger charge is -2.18. The predicted octanol–water partition coefficient (Wildman–Crippen LogP) is 1.94. The minimum Gasteiger partial charge on any atom is -0.490 e. The molecule has 1 amide bonds. The number of rotatable bonds is 4. The molecule has 1 aromatic carbocycles. The molecule has 0 radical (unpaired) electrons. The van der Waals surface area contributed by atoms with Gasteiger partial charge in [-0.25, -0.2) is 0 Å². The van der Waals surface area contributed by atoms with Crippen molar-refractivity contribution in [2.24, 2.45) is 0 Å². The van der Waals surface area contributed by atoms with Crippen LogP contribution in [0, 0.1) is 0 Å². The van der Waals surface area contributed by atoms with E-state index < -0.39 is 12.2 Å². The first-order chi connectivity index (χ1) is 10.1. The number of hydrogen-bond acceptors (Lipinski definition) is 4. The molecule has 0 spiro atoms. The quantitative estimate of drug-likeness (QED) is 0.889. The Labute approximate surface area is 124 Å². The van der Waals surface area contributed by atoms with Crippen LogP contribution in [0.5, 0.6) is 11.5 Å². The van der Waals surface area contributed by atoms with Crippen molar-refractivity contribution in [1.29, 1.82) is 0 Å². The van der Waals surface area contributed by atoms with Gasteiger partial charge in [-0.2, -0.15) is 0 Å². The van der Waals surface area contributed by atoms with Crippen LogP contribution >= 0.6 is 0 Å². The maximum Gasteiger partial charge on any atom is 0.260 e. The number of aliphatic hydroxyl groups excluding tert-OH is 1. The van der Waals surface area contributed by atoms with Gasteiger partial charge in [0.15, 0.2) is 6.10 Å². The van der Waals surface area contributed by atoms with Gasteiger partial charge in [0.2, 0.25) is 0 Å². The lowest BCUT2D eigenvalue weighted by Crippen LogP contribution is -2.41. The molecular weight excluding hydrogens is 270 g/mol. The number of amides is 1. The summed E-state index contributed by atoms with van der Waals surface area (Å²) in [6.07, 6.45) is 3.37. The minimum absolute atomic E-state index is 0.0802. The van der Waals surface area contributed by atoms with Crippen LogP contribution in [0.1, 0.15) is 44.3 Å². The van der Waals surface area contributed by atoms with Crippen molar-refractivity contribution in [3.8, 4) is 11.5 Å². The maximum absolute atomic E-state index is 12.1. The number of hydrogen-bond donors (Lipinski definition) is 2. The summed E-state index contributed by atoms with van der Waals surface area (Å²) < 4.78 is 11.0. The third-order valence-corrected chi connectivity index (χ3v) is 4.12. The molecule has 2 N–H and O–H groups in total. The third kappa shape index (κ3) is 3.13. The molecule has 21 heavy (non-hydrogen) atoms. The van der Waals surface area contributed by atoms with Crippen molar-refractivity contribution >= 4 is 5.91 Å². The van der Waals surface area contributed by atoms with E-state index >= 15 is 0 Å². The monoisotopic (exact) mass is 291 g/mol. The van der Waals surface area contributed by atoms with Crippen LogP contribution in [0.25, 0.3) is 0 Å². The Hall–Kier alpha value is -1.75. The number of carbonyl (C=O) groups is 1. The molecule has 2 aliphatic rings. The van der Waals surface area contributed by atoms with Crippen molar-refractivity contribution < 1.29 is 19.4 Å². The molecule has 2 atom stereocenters. The molecule has 1 aliphatic heterocycles. The van der Waals surface area contributed by atoms with Gasteiger partial charge in [-0.3, -0.25) is 4.79 Å². The molecule has 5 nitrogen and oxygen atoms in total. The Morgan fingerprint density at radius 2 is 2.19 bits per heavy atom. The second kappa shape index (κ2) is 5.93. The molecule has 0 aromatic heterocycles. The van der Waals surface area contributed by atoms with E-state index in [2.05, 4.69) is 5.32 Å². The number of benzene rings is 1. The molecule has 2 unspecified atom stereocenters. The molecule has 1 fully saturated rings. The van der Waals surface area contributed by atoms with Crippen LogP contribution in [0.3, 0.4) is 0 Å². The fourth-order valence-electron chi connectivity index (χ4n) is 2.89. The predicted molar refractivity (Wildman–Crippen MR) is 77.4 cm³/mol. The van der Waals surface area contributed by atoms with E-state index in [-0.39, 0.29) is 12.5 Å². The van der Waals surface area contributed by atoms with E-state index in [0.29, 0.717) is 17.5 Å². The summed E-state index contributed by atoms with van der Waals surface area (Å²) in [4.78, 5) is 12.1. The zero-order chi connectivity index (χ0) is 14.8. The molecule has 0 saturated heterocycles. The summed E-state index contributed by atoms with van der Waals surface area (Å²) in [6.45, 7) is 2.02. The van der Waals surface area contributed by atoms with Crippen LogP contribution in [-0.2, 0) is 4.79 Å². The number of fused-ring (bicyclic) bond motifs is 1. The summed E-state index contributed by atoms with van der Waals surface area (Å²) >= 11 is 0. The average molecular weight is 291 g/mol. The summed E-state index contributed by atoms with van der Waals surface area (Å²) in [5.41, 5.74) is 0.769. The molecule has 1 heterocycles. The first-order valence-corrected chi connectivity index (χ1v) is 7.55. The van der Waals surface area contributed by atoms with Gasteiger partial charge in [-0.15, -0.1) is 0 Å². The highest BCUT2D eigenvalue weighted by molar-refractivity contribution is 5.81. The van der Waals surface area contributed by atoms with Crippen LogP contribution in [0.15, 0.2) is 18.2 Å². The maximum atomic E-state index is 12.1. The zero-order valence-corrected chi connectivity index (χ0v) is 12.2. The Balaban J connectivity index is 1.59. The zero-order valence-electron chi connectivity index (χ0n) is 12.2. The molecule has 0 bridgehead atoms. The van der Waals surface area contributed by atoms with Crippen molar-refractivity contribution in [3.63, 3.8) is 0 Å². The van der Waals surface area contributed by atoms with Crippen LogP contribution in [-0.4, -0.2) is 29.8 Å². The molecule has 1 aliphatic carbocycles. The third-order valence-electron chi connectivity index (χ3n) is 4.12. The fourth-order valence-corrected chi connectivity index (χ4v) is 2.89. The van der Waals surface area contributed by atoms with Crippen LogP contribution < -0.4 is 14.8 Å². The number of nitrogens with one attached hydrogen (secondary N) is 1. The Kier molecular flexibility index (Phi) is 4.01. The normalized spacial score (nSPS) is 22.5. The summed E-state index contributed by atoms with van der Waals surface area (Å²) in [5, 5.41) is 12.7. The molecule has 1 saturated carbocycles. The van der Waals surface area contributed by atoms with Gasteiger partial charge in [-0.1, -0.05) is 12.8 Å². The van der Waals surface area contributed by atoms with Gasteiger partial charge >= 0.3 is 0 Å². The first kappa shape index (κ1) is 14.2. The topological polar surface area (TPSA) is 67.8 Å². The fraction of sp³-hybridized carbons (Fsp3) is 0.562. The molecule has 1 aromatic rings. The summed E-state index contributed by atoms with van der Waals surface area (Å²) in [6, 6.07) is 5.56. The smallest absolute Gasteiger partial charge is 0.260 e. The highest BCUT2D eigenvalue weighted by atomic mass is 16.5. The van der Waals surface area contributed by atoms with E-state index in [9.17, 15) is 9.90 Å². The molecular formula is C16H21NO4. The van der Waals surface area contributed by atoms with E-state index in [1.165, 1.54) is 12.8 Å². The van der Waals surface area contributed by atoms with Gasteiger partial charge in [0, 0.05) is 17.7 Å². The van der Waals surface area contributed by atoms with Gasteiger partial charge in [-0.05, 0) is 31.9 Å². The number of carbonyl (C=O) groups excluding carboxylic acids is 1. The summed E-state index contributed by atoms with van der Waals surface area (Å²) in [7, 11) is 0. The standard InChI is InChI=1S/C16H21NO4/c1-10(16(19)17-11-4-2-3-5-11)21-12-6-7-13-14(18)9-20-15(13)8-12/h6-8,10-11,14,18H,2-5,9H2,1H3,(H,17,19). The lowest BCUT2D eigenvalue weighted by molar-refractivity contribution is -0.127. The average Bonchev–Trinajstić information content (AvgIpc) is 3.09.